The van der Waals surface area contributed by atoms with E-state index in [1.165, 1.54) is 7.11 Å². The van der Waals surface area contributed by atoms with Crippen LogP contribution in [0.1, 0.15) is 20.3 Å². The third kappa shape index (κ3) is 26.1. The molecular weight excluding hydrogens is 272 g/mol. The van der Waals surface area contributed by atoms with Crippen LogP contribution < -0.4 is 11.5 Å². The highest BCUT2D eigenvalue weighted by atomic mass is 32.2. The van der Waals surface area contributed by atoms with Crippen molar-refractivity contribution >= 4 is 21.9 Å². The maximum atomic E-state index is 10.4. The Morgan fingerprint density at radius 3 is 1.68 bits per heavy atom. The van der Waals surface area contributed by atoms with E-state index in [-0.39, 0.29) is 5.75 Å². The monoisotopic (exact) mass is 294 g/mol. The minimum Gasteiger partial charge on any atom is -0.366 e. The van der Waals surface area contributed by atoms with Gasteiger partial charge in [-0.1, -0.05) is 20.1 Å². The molecule has 0 spiro atoms. The fraction of sp³-hybridized carbons (Fsp3) is 0.455. The van der Waals surface area contributed by atoms with Gasteiger partial charge in [-0.2, -0.15) is 8.42 Å². The fourth-order valence-corrected chi connectivity index (χ4v) is 1.000. The fourth-order valence-electron chi connectivity index (χ4n) is 0.333. The van der Waals surface area contributed by atoms with Crippen molar-refractivity contribution in [2.45, 2.75) is 20.3 Å². The molecule has 0 saturated heterocycles. The molecule has 112 valence electrons. The predicted octanol–water partition coefficient (Wildman–Crippen LogP) is 0.0781. The van der Waals surface area contributed by atoms with Crippen LogP contribution in [0.4, 0.5) is 0 Å². The van der Waals surface area contributed by atoms with Gasteiger partial charge in [0.05, 0.1) is 12.9 Å². The van der Waals surface area contributed by atoms with Crippen molar-refractivity contribution in [2.75, 3.05) is 12.9 Å². The molecule has 2 amide bonds. The molecule has 0 aliphatic carbocycles. The molecule has 0 rings (SSSR count). The minimum atomic E-state index is -3.17. The van der Waals surface area contributed by atoms with Gasteiger partial charge in [0.1, 0.15) is 0 Å². The van der Waals surface area contributed by atoms with Crippen molar-refractivity contribution < 1.29 is 22.2 Å². The number of carbonyl (C=O) groups is 2. The second-order valence-electron chi connectivity index (χ2n) is 3.18. The molecule has 19 heavy (non-hydrogen) atoms. The summed E-state index contributed by atoms with van der Waals surface area (Å²) in [7, 11) is -2.00. The molecule has 0 bridgehead atoms. The van der Waals surface area contributed by atoms with E-state index in [1.54, 1.807) is 13.8 Å². The van der Waals surface area contributed by atoms with Crippen LogP contribution in [0.3, 0.4) is 0 Å². The number of hydrogen-bond acceptors (Lipinski definition) is 5. The van der Waals surface area contributed by atoms with Crippen molar-refractivity contribution in [3.8, 4) is 0 Å². The van der Waals surface area contributed by atoms with Gasteiger partial charge in [0.25, 0.3) is 10.1 Å². The summed E-state index contributed by atoms with van der Waals surface area (Å²) >= 11 is 0. The predicted molar refractivity (Wildman–Crippen MR) is 74.5 cm³/mol. The molecule has 0 saturated carbocycles. The number of amides is 2. The molecule has 0 aromatic heterocycles. The molecule has 7 nitrogen and oxygen atoms in total. The number of nitrogens with two attached hydrogens (primary N) is 2. The number of carbonyl (C=O) groups excluding carboxylic acids is 2. The average Bonchev–Trinajstić information content (AvgIpc) is 2.30. The van der Waals surface area contributed by atoms with Crippen molar-refractivity contribution in [1.29, 1.82) is 0 Å². The Morgan fingerprint density at radius 2 is 1.63 bits per heavy atom. The molecule has 0 aliphatic rings. The Bertz CT molecular complexity index is 389. The van der Waals surface area contributed by atoms with Crippen molar-refractivity contribution in [2.24, 2.45) is 11.5 Å². The zero-order valence-electron chi connectivity index (χ0n) is 11.5. The van der Waals surface area contributed by atoms with Crippen LogP contribution >= 0.6 is 0 Å². The number of rotatable bonds is 5. The zero-order chi connectivity index (χ0) is 16.1. The molecule has 8 heteroatoms. The minimum absolute atomic E-state index is 0.115. The van der Waals surface area contributed by atoms with E-state index in [0.717, 1.165) is 6.08 Å². The third-order valence-corrected chi connectivity index (χ3v) is 2.75. The van der Waals surface area contributed by atoms with Gasteiger partial charge in [-0.15, -0.1) is 0 Å². The summed E-state index contributed by atoms with van der Waals surface area (Å²) in [4.78, 5) is 19.3. The van der Waals surface area contributed by atoms with Crippen molar-refractivity contribution in [1.82, 2.24) is 0 Å². The Kier molecular flexibility index (Phi) is 15.1. The zero-order valence-corrected chi connectivity index (χ0v) is 12.3. The van der Waals surface area contributed by atoms with E-state index in [1.807, 2.05) is 0 Å². The summed E-state index contributed by atoms with van der Waals surface area (Å²) in [5.74, 6) is -0.802. The summed E-state index contributed by atoms with van der Waals surface area (Å²) in [6, 6.07) is 0. The molecule has 0 heterocycles. The van der Waals surface area contributed by atoms with E-state index in [2.05, 4.69) is 23.1 Å². The van der Waals surface area contributed by atoms with Crippen molar-refractivity contribution in [3.63, 3.8) is 0 Å². The summed E-state index contributed by atoms with van der Waals surface area (Å²) in [5.41, 5.74) is 9.63. The standard InChI is InChI=1S/C4H7NO.C4H10O3S.C3H5NO/c1-3(2)4(5)6;1-3-4-8(5,6)7-2;1-2-3(4)5/h1H2,2H3,(H2,5,6);3-4H2,1-2H3;2H,1H2,(H2,4,5). The molecule has 0 aromatic rings. The highest BCUT2D eigenvalue weighted by Crippen LogP contribution is 1.91. The van der Waals surface area contributed by atoms with Crippen LogP contribution in [0, 0.1) is 0 Å². The summed E-state index contributed by atoms with van der Waals surface area (Å²) in [6.07, 6.45) is 1.66. The van der Waals surface area contributed by atoms with Gasteiger partial charge in [-0.05, 0) is 19.4 Å². The van der Waals surface area contributed by atoms with Gasteiger partial charge < -0.3 is 11.5 Å². The Balaban J connectivity index is -0.000000209. The first kappa shape index (κ1) is 22.5. The van der Waals surface area contributed by atoms with Gasteiger partial charge in [-0.3, -0.25) is 13.8 Å². The molecule has 0 aliphatic heterocycles. The summed E-state index contributed by atoms with van der Waals surface area (Å²) in [6.45, 7) is 9.73. The van der Waals surface area contributed by atoms with E-state index < -0.39 is 21.9 Å². The quantitative estimate of drug-likeness (QED) is 0.547. The average molecular weight is 294 g/mol. The first-order chi connectivity index (χ1) is 8.53. The third-order valence-electron chi connectivity index (χ3n) is 1.33. The van der Waals surface area contributed by atoms with Gasteiger partial charge in [0.2, 0.25) is 11.8 Å². The van der Waals surface area contributed by atoms with E-state index in [4.69, 9.17) is 5.73 Å². The highest BCUT2D eigenvalue weighted by Gasteiger charge is 2.03. The van der Waals surface area contributed by atoms with E-state index in [0.29, 0.717) is 12.0 Å². The van der Waals surface area contributed by atoms with Gasteiger partial charge in [-0.25, -0.2) is 0 Å². The lowest BCUT2D eigenvalue weighted by Gasteiger charge is -1.94. The van der Waals surface area contributed by atoms with Crippen LogP contribution in [-0.4, -0.2) is 33.1 Å². The highest BCUT2D eigenvalue weighted by molar-refractivity contribution is 7.86. The lowest BCUT2D eigenvalue weighted by molar-refractivity contribution is -0.115. The van der Waals surface area contributed by atoms with Crippen LogP contribution in [-0.2, 0) is 23.9 Å². The lowest BCUT2D eigenvalue weighted by atomic mass is 10.3. The smallest absolute Gasteiger partial charge is 0.267 e. The molecule has 0 fully saturated rings. The van der Waals surface area contributed by atoms with E-state index in [9.17, 15) is 18.0 Å². The molecule has 0 aromatic carbocycles. The summed E-state index contributed by atoms with van der Waals surface area (Å²) < 4.78 is 24.9. The topological polar surface area (TPSA) is 130 Å². The number of hydrogen-bond donors (Lipinski definition) is 2. The number of primary amides is 2. The van der Waals surface area contributed by atoms with Crippen LogP contribution in [0.5, 0.6) is 0 Å². The Labute approximate surface area is 114 Å². The maximum absolute atomic E-state index is 10.4. The molecule has 0 radical (unpaired) electrons. The van der Waals surface area contributed by atoms with Crippen LogP contribution in [0.15, 0.2) is 24.8 Å². The molecule has 4 N–H and O–H groups in total. The molecular formula is C11H22N2O5S. The van der Waals surface area contributed by atoms with Crippen LogP contribution in [0.25, 0.3) is 0 Å². The van der Waals surface area contributed by atoms with Crippen molar-refractivity contribution in [3.05, 3.63) is 24.8 Å². The normalized spacial score (nSPS) is 9.00. The Hall–Kier alpha value is -1.67. The Morgan fingerprint density at radius 1 is 1.32 bits per heavy atom. The van der Waals surface area contributed by atoms with Gasteiger partial charge >= 0.3 is 0 Å². The second kappa shape index (κ2) is 12.8. The van der Waals surface area contributed by atoms with Crippen LogP contribution in [0.2, 0.25) is 0 Å². The first-order valence-electron chi connectivity index (χ1n) is 5.19. The first-order valence-corrected chi connectivity index (χ1v) is 6.77. The SMILES string of the molecule is C=C(C)C(N)=O.C=CC(N)=O.CCCS(=O)(=O)OC. The molecule has 0 unspecified atom stereocenters. The lowest BCUT2D eigenvalue weighted by Crippen LogP contribution is -2.10. The maximum Gasteiger partial charge on any atom is 0.267 e. The van der Waals surface area contributed by atoms with Gasteiger partial charge in [0.15, 0.2) is 0 Å². The van der Waals surface area contributed by atoms with Gasteiger partial charge in [0, 0.05) is 5.57 Å². The largest absolute Gasteiger partial charge is 0.366 e. The summed E-state index contributed by atoms with van der Waals surface area (Å²) in [5, 5.41) is 0. The second-order valence-corrected chi connectivity index (χ2v) is 5.04. The van der Waals surface area contributed by atoms with E-state index >= 15 is 0 Å². The molecule has 0 atom stereocenters.